The predicted molar refractivity (Wildman–Crippen MR) is 92.1 cm³/mol. The first-order chi connectivity index (χ1) is 14.5. The summed E-state index contributed by atoms with van der Waals surface area (Å²) < 4.78 is 97.8. The van der Waals surface area contributed by atoms with E-state index in [2.05, 4.69) is 14.2 Å². The Balaban J connectivity index is 1.80. The maximum absolute atomic E-state index is 14.1. The Labute approximate surface area is 171 Å². The SMILES string of the molecule is O=C(OCC1OC(OC(=O)c2ccccc2)C(F)(F)C(F)(F)C1(F)F)c1ccccc1. The first kappa shape index (κ1) is 22.6. The molecular weight excluding hydrogens is 434 g/mol. The first-order valence-corrected chi connectivity index (χ1v) is 8.75. The van der Waals surface area contributed by atoms with Crippen LogP contribution in [0.5, 0.6) is 0 Å². The van der Waals surface area contributed by atoms with Gasteiger partial charge in [0.1, 0.15) is 6.61 Å². The smallest absolute Gasteiger partial charge is 0.381 e. The number of carbonyl (C=O) groups excluding carboxylic acids is 2. The van der Waals surface area contributed by atoms with Gasteiger partial charge in [0.25, 0.3) is 6.29 Å². The number of hydrogen-bond donors (Lipinski definition) is 0. The molecule has 2 aromatic rings. The molecule has 31 heavy (non-hydrogen) atoms. The molecule has 1 saturated heterocycles. The Hall–Kier alpha value is -3.08. The average Bonchev–Trinajstić information content (AvgIpc) is 2.75. The highest BCUT2D eigenvalue weighted by atomic mass is 19.3. The molecule has 1 aliphatic heterocycles. The van der Waals surface area contributed by atoms with Crippen LogP contribution in [0.2, 0.25) is 0 Å². The maximum Gasteiger partial charge on any atom is 0.381 e. The highest BCUT2D eigenvalue weighted by molar-refractivity contribution is 5.89. The van der Waals surface area contributed by atoms with Crippen molar-refractivity contribution in [3.05, 3.63) is 71.8 Å². The van der Waals surface area contributed by atoms with Crippen LogP contribution in [0.3, 0.4) is 0 Å². The van der Waals surface area contributed by atoms with Gasteiger partial charge in [-0.25, -0.2) is 9.59 Å². The molecule has 0 saturated carbocycles. The van der Waals surface area contributed by atoms with Crippen LogP contribution >= 0.6 is 0 Å². The minimum absolute atomic E-state index is 0.0919. The van der Waals surface area contributed by atoms with Crippen molar-refractivity contribution in [2.45, 2.75) is 30.2 Å². The zero-order valence-electron chi connectivity index (χ0n) is 15.4. The minimum atomic E-state index is -5.97. The number of halogens is 6. The fourth-order valence-electron chi connectivity index (χ4n) is 2.69. The van der Waals surface area contributed by atoms with E-state index in [1.165, 1.54) is 42.5 Å². The van der Waals surface area contributed by atoms with E-state index in [1.807, 2.05) is 0 Å². The normalized spacial score (nSPS) is 23.5. The Bertz CT molecular complexity index is 936. The molecule has 1 heterocycles. The van der Waals surface area contributed by atoms with E-state index >= 15 is 0 Å². The van der Waals surface area contributed by atoms with Crippen LogP contribution in [0.1, 0.15) is 20.7 Å². The first-order valence-electron chi connectivity index (χ1n) is 8.75. The molecule has 2 unspecified atom stereocenters. The molecule has 0 aromatic heterocycles. The summed E-state index contributed by atoms with van der Waals surface area (Å²) in [4.78, 5) is 23.9. The van der Waals surface area contributed by atoms with E-state index in [9.17, 15) is 35.9 Å². The number of alkyl halides is 6. The number of esters is 2. The maximum atomic E-state index is 14.1. The van der Waals surface area contributed by atoms with Crippen molar-refractivity contribution in [1.82, 2.24) is 0 Å². The van der Waals surface area contributed by atoms with Crippen LogP contribution < -0.4 is 0 Å². The van der Waals surface area contributed by atoms with Crippen LogP contribution in [0.15, 0.2) is 60.7 Å². The highest BCUT2D eigenvalue weighted by Crippen LogP contribution is 2.54. The van der Waals surface area contributed by atoms with E-state index in [-0.39, 0.29) is 11.1 Å². The van der Waals surface area contributed by atoms with Crippen molar-refractivity contribution in [2.24, 2.45) is 0 Å². The van der Waals surface area contributed by atoms with Crippen molar-refractivity contribution in [2.75, 3.05) is 6.61 Å². The summed E-state index contributed by atoms with van der Waals surface area (Å²) in [5, 5.41) is 0. The molecule has 2 atom stereocenters. The van der Waals surface area contributed by atoms with Crippen molar-refractivity contribution in [3.8, 4) is 0 Å². The van der Waals surface area contributed by atoms with E-state index in [4.69, 9.17) is 0 Å². The number of ether oxygens (including phenoxy) is 3. The third kappa shape index (κ3) is 4.09. The van der Waals surface area contributed by atoms with E-state index in [0.717, 1.165) is 12.1 Å². The quantitative estimate of drug-likeness (QED) is 0.504. The number of benzene rings is 2. The molecule has 2 aromatic carbocycles. The lowest BCUT2D eigenvalue weighted by Crippen LogP contribution is -2.71. The lowest BCUT2D eigenvalue weighted by Gasteiger charge is -2.44. The summed E-state index contributed by atoms with van der Waals surface area (Å²) in [7, 11) is 0. The predicted octanol–water partition coefficient (Wildman–Crippen LogP) is 4.33. The molecule has 0 spiro atoms. The van der Waals surface area contributed by atoms with Crippen LogP contribution in [-0.4, -0.2) is 48.7 Å². The second kappa shape index (κ2) is 8.22. The van der Waals surface area contributed by atoms with Crippen molar-refractivity contribution < 1.29 is 50.1 Å². The molecule has 0 N–H and O–H groups in total. The van der Waals surface area contributed by atoms with Crippen molar-refractivity contribution in [1.29, 1.82) is 0 Å². The highest BCUT2D eigenvalue weighted by Gasteiger charge is 2.82. The topological polar surface area (TPSA) is 61.8 Å². The third-order valence-corrected chi connectivity index (χ3v) is 4.42. The van der Waals surface area contributed by atoms with Gasteiger partial charge >= 0.3 is 29.7 Å². The van der Waals surface area contributed by atoms with Crippen molar-refractivity contribution >= 4 is 11.9 Å². The minimum Gasteiger partial charge on any atom is -0.459 e. The van der Waals surface area contributed by atoms with Gasteiger partial charge < -0.3 is 14.2 Å². The second-order valence-corrected chi connectivity index (χ2v) is 6.51. The van der Waals surface area contributed by atoms with Gasteiger partial charge in [0, 0.05) is 0 Å². The molecule has 1 aliphatic rings. The second-order valence-electron chi connectivity index (χ2n) is 6.51. The molecule has 166 valence electrons. The largest absolute Gasteiger partial charge is 0.459 e. The summed E-state index contributed by atoms with van der Waals surface area (Å²) in [5.41, 5.74) is -0.389. The number of rotatable bonds is 5. The van der Waals surface area contributed by atoms with Gasteiger partial charge in [0.2, 0.25) is 0 Å². The fraction of sp³-hybridized carbons (Fsp3) is 0.300. The molecule has 1 fully saturated rings. The summed E-state index contributed by atoms with van der Waals surface area (Å²) in [6.07, 6.45) is -6.36. The lowest BCUT2D eigenvalue weighted by molar-refractivity contribution is -0.435. The molecular formula is C20H14F6O5. The Kier molecular flexibility index (Phi) is 5.99. The Morgan fingerprint density at radius 1 is 0.774 bits per heavy atom. The van der Waals surface area contributed by atoms with Crippen molar-refractivity contribution in [3.63, 3.8) is 0 Å². The number of hydrogen-bond acceptors (Lipinski definition) is 5. The Morgan fingerprint density at radius 3 is 1.77 bits per heavy atom. The summed E-state index contributed by atoms with van der Waals surface area (Å²) >= 11 is 0. The molecule has 0 bridgehead atoms. The monoisotopic (exact) mass is 448 g/mol. The van der Waals surface area contributed by atoms with Gasteiger partial charge in [-0.3, -0.25) is 0 Å². The van der Waals surface area contributed by atoms with Gasteiger partial charge in [0.05, 0.1) is 11.1 Å². The molecule has 0 amide bonds. The Morgan fingerprint density at radius 2 is 1.26 bits per heavy atom. The van der Waals surface area contributed by atoms with Gasteiger partial charge in [-0.2, -0.15) is 26.3 Å². The molecule has 11 heteroatoms. The molecule has 5 nitrogen and oxygen atoms in total. The molecule has 0 radical (unpaired) electrons. The van der Waals surface area contributed by atoms with Crippen LogP contribution in [-0.2, 0) is 14.2 Å². The summed E-state index contributed by atoms with van der Waals surface area (Å²) in [6, 6.07) is 13.3. The van der Waals surface area contributed by atoms with Gasteiger partial charge in [-0.15, -0.1) is 0 Å². The standard InChI is InChI=1S/C20H14F6O5/c21-18(22)14(11-29-15(27)12-7-3-1-4-8-12)30-17(19(23,24)20(18,25)26)31-16(28)13-9-5-2-6-10-13/h1-10,14,17H,11H2. The van der Waals surface area contributed by atoms with Crippen LogP contribution in [0.4, 0.5) is 26.3 Å². The van der Waals surface area contributed by atoms with E-state index in [1.54, 1.807) is 6.07 Å². The van der Waals surface area contributed by atoms with Crippen LogP contribution in [0.25, 0.3) is 0 Å². The fourth-order valence-corrected chi connectivity index (χ4v) is 2.69. The number of carbonyl (C=O) groups is 2. The lowest BCUT2D eigenvalue weighted by atomic mass is 9.95. The zero-order chi connectivity index (χ0) is 22.9. The summed E-state index contributed by atoms with van der Waals surface area (Å²) in [5.74, 6) is -19.6. The van der Waals surface area contributed by atoms with Crippen LogP contribution in [0, 0.1) is 0 Å². The van der Waals surface area contributed by atoms with E-state index in [0.29, 0.717) is 0 Å². The van der Waals surface area contributed by atoms with E-state index < -0.39 is 48.7 Å². The van der Waals surface area contributed by atoms with Gasteiger partial charge in [0.15, 0.2) is 6.10 Å². The van der Waals surface area contributed by atoms with Gasteiger partial charge in [-0.05, 0) is 24.3 Å². The zero-order valence-corrected chi connectivity index (χ0v) is 15.4. The average molecular weight is 448 g/mol. The van der Waals surface area contributed by atoms with Gasteiger partial charge in [-0.1, -0.05) is 36.4 Å². The third-order valence-electron chi connectivity index (χ3n) is 4.42. The molecule has 0 aliphatic carbocycles. The summed E-state index contributed by atoms with van der Waals surface area (Å²) in [6.45, 7) is -1.49. The molecule has 3 rings (SSSR count).